The molecule has 2 heterocycles. The van der Waals surface area contributed by atoms with E-state index in [1.54, 1.807) is 0 Å². The summed E-state index contributed by atoms with van der Waals surface area (Å²) in [7, 11) is -4.49. The summed E-state index contributed by atoms with van der Waals surface area (Å²) in [6.07, 6.45) is 5.59. The summed E-state index contributed by atoms with van der Waals surface area (Å²) in [6.45, 7) is -0.964. The van der Waals surface area contributed by atoms with E-state index in [-0.39, 0.29) is 23.7 Å². The van der Waals surface area contributed by atoms with E-state index in [4.69, 9.17) is 26.7 Å². The monoisotopic (exact) mass is 343 g/mol. The molecule has 0 spiro atoms. The van der Waals surface area contributed by atoms with Gasteiger partial charge in [-0.2, -0.15) is 4.98 Å². The van der Waals surface area contributed by atoms with Crippen LogP contribution in [-0.4, -0.2) is 53.0 Å². The van der Waals surface area contributed by atoms with Gasteiger partial charge in [0.1, 0.15) is 0 Å². The lowest BCUT2D eigenvalue weighted by Gasteiger charge is -2.27. The molecule has 6 N–H and O–H groups in total. The van der Waals surface area contributed by atoms with E-state index in [0.29, 0.717) is 0 Å². The maximum Gasteiger partial charge on any atom is 0.351 e. The predicted molar refractivity (Wildman–Crippen MR) is 79.2 cm³/mol. The maximum absolute atomic E-state index is 11.7. The standard InChI is InChI=1S/C11H14N5O6P/c1-2-11(4-17,22-6-23(19,20)21)3-16-5-13-7-8(16)14-10(12)15-9(7)18/h1,5,17H,3-4,6H2,(H2,19,20,21)(H3,12,14,15,18)/t11-/m0/s1. The van der Waals surface area contributed by atoms with E-state index in [1.165, 1.54) is 10.9 Å². The number of ether oxygens (including phenoxy) is 1. The molecule has 0 aliphatic heterocycles. The van der Waals surface area contributed by atoms with Crippen molar-refractivity contribution >= 4 is 24.7 Å². The summed E-state index contributed by atoms with van der Waals surface area (Å²) in [5, 5.41) is 9.49. The van der Waals surface area contributed by atoms with Crippen LogP contribution in [-0.2, 0) is 15.8 Å². The van der Waals surface area contributed by atoms with Gasteiger partial charge >= 0.3 is 7.60 Å². The SMILES string of the molecule is C#C[C@@](CO)(Cn1cnc2c(=O)[nH]c(N)nc21)OCP(=O)(O)O. The Morgan fingerprint density at radius 1 is 1.57 bits per heavy atom. The molecule has 0 fully saturated rings. The smallest absolute Gasteiger partial charge is 0.351 e. The van der Waals surface area contributed by atoms with Crippen LogP contribution in [0.3, 0.4) is 0 Å². The normalized spacial score (nSPS) is 14.5. The van der Waals surface area contributed by atoms with Crippen LogP contribution in [0.4, 0.5) is 5.95 Å². The molecule has 2 aromatic heterocycles. The van der Waals surface area contributed by atoms with E-state index < -0.39 is 31.7 Å². The molecule has 0 saturated carbocycles. The fraction of sp³-hybridized carbons (Fsp3) is 0.364. The number of aliphatic hydroxyl groups is 1. The van der Waals surface area contributed by atoms with Gasteiger partial charge in [0, 0.05) is 0 Å². The van der Waals surface area contributed by atoms with Gasteiger partial charge in [-0.1, -0.05) is 5.92 Å². The first-order valence-electron chi connectivity index (χ1n) is 6.17. The number of nitrogens with one attached hydrogen (secondary N) is 1. The average molecular weight is 343 g/mol. The zero-order valence-electron chi connectivity index (χ0n) is 11.7. The second-order valence-electron chi connectivity index (χ2n) is 4.73. The fourth-order valence-corrected chi connectivity index (χ4v) is 2.26. The summed E-state index contributed by atoms with van der Waals surface area (Å²) in [5.74, 6) is 2.02. The van der Waals surface area contributed by atoms with Crippen molar-refractivity contribution < 1.29 is 24.2 Å². The van der Waals surface area contributed by atoms with Gasteiger partial charge in [0.15, 0.2) is 23.1 Å². The summed E-state index contributed by atoms with van der Waals surface area (Å²) in [4.78, 5) is 39.5. The number of rotatable bonds is 6. The summed E-state index contributed by atoms with van der Waals surface area (Å²) < 4.78 is 17.3. The number of hydrogen-bond donors (Lipinski definition) is 5. The van der Waals surface area contributed by atoms with Crippen LogP contribution in [0.1, 0.15) is 0 Å². The van der Waals surface area contributed by atoms with Crippen LogP contribution in [0.2, 0.25) is 0 Å². The minimum absolute atomic E-state index is 0.00181. The lowest BCUT2D eigenvalue weighted by molar-refractivity contribution is -0.0327. The van der Waals surface area contributed by atoms with E-state index in [0.717, 1.165) is 0 Å². The van der Waals surface area contributed by atoms with Crippen LogP contribution in [0.25, 0.3) is 11.2 Å². The molecular weight excluding hydrogens is 329 g/mol. The molecule has 124 valence electrons. The molecular formula is C11H14N5O6P. The third-order valence-corrected chi connectivity index (χ3v) is 3.41. The molecule has 0 aromatic carbocycles. The Balaban J connectivity index is 2.40. The summed E-state index contributed by atoms with van der Waals surface area (Å²) in [5.41, 5.74) is 3.27. The van der Waals surface area contributed by atoms with Crippen molar-refractivity contribution in [3.8, 4) is 12.3 Å². The highest BCUT2D eigenvalue weighted by atomic mass is 31.2. The Morgan fingerprint density at radius 2 is 2.26 bits per heavy atom. The van der Waals surface area contributed by atoms with Crippen molar-refractivity contribution in [3.63, 3.8) is 0 Å². The third kappa shape index (κ3) is 3.76. The predicted octanol–water partition coefficient (Wildman–Crippen LogP) is -1.78. The number of anilines is 1. The Hall–Kier alpha value is -2.22. The number of nitrogen functional groups attached to an aromatic ring is 1. The van der Waals surface area contributed by atoms with Crippen LogP contribution in [0.5, 0.6) is 0 Å². The zero-order chi connectivity index (χ0) is 17.3. The Morgan fingerprint density at radius 3 is 2.83 bits per heavy atom. The van der Waals surface area contributed by atoms with E-state index in [1.807, 2.05) is 0 Å². The number of terminal acetylenes is 1. The van der Waals surface area contributed by atoms with Crippen molar-refractivity contribution in [2.45, 2.75) is 12.1 Å². The van der Waals surface area contributed by atoms with Gasteiger partial charge < -0.3 is 29.9 Å². The minimum Gasteiger partial charge on any atom is -0.392 e. The van der Waals surface area contributed by atoms with E-state index >= 15 is 0 Å². The van der Waals surface area contributed by atoms with Gasteiger partial charge in [-0.05, 0) is 0 Å². The van der Waals surface area contributed by atoms with Crippen molar-refractivity contribution in [1.82, 2.24) is 19.5 Å². The largest absolute Gasteiger partial charge is 0.392 e. The van der Waals surface area contributed by atoms with Crippen LogP contribution >= 0.6 is 7.60 Å². The number of hydrogen-bond acceptors (Lipinski definition) is 7. The van der Waals surface area contributed by atoms with Gasteiger partial charge in [0.05, 0.1) is 19.5 Å². The number of nitrogens with two attached hydrogens (primary N) is 1. The van der Waals surface area contributed by atoms with Crippen molar-refractivity contribution in [1.29, 1.82) is 0 Å². The first-order chi connectivity index (χ1) is 10.7. The first-order valence-corrected chi connectivity index (χ1v) is 7.97. The van der Waals surface area contributed by atoms with Gasteiger partial charge in [0.2, 0.25) is 5.95 Å². The molecule has 0 bridgehead atoms. The fourth-order valence-electron chi connectivity index (χ4n) is 1.84. The third-order valence-electron chi connectivity index (χ3n) is 2.95. The molecule has 1 atom stereocenters. The number of aliphatic hydroxyl groups excluding tert-OH is 1. The van der Waals surface area contributed by atoms with Gasteiger partial charge in [0.25, 0.3) is 5.56 Å². The molecule has 0 radical (unpaired) electrons. The van der Waals surface area contributed by atoms with Crippen molar-refractivity contribution in [2.75, 3.05) is 18.7 Å². The molecule has 0 aliphatic carbocycles. The summed E-state index contributed by atoms with van der Waals surface area (Å²) >= 11 is 0. The number of H-pyrrole nitrogens is 1. The van der Waals surface area contributed by atoms with Crippen LogP contribution < -0.4 is 11.3 Å². The number of imidazole rings is 1. The Labute approximate surface area is 129 Å². The number of aromatic amines is 1. The van der Waals surface area contributed by atoms with Gasteiger partial charge in [-0.15, -0.1) is 6.42 Å². The molecule has 11 nitrogen and oxygen atoms in total. The maximum atomic E-state index is 11.7. The number of nitrogens with zero attached hydrogens (tertiary/aromatic N) is 3. The van der Waals surface area contributed by atoms with Crippen molar-refractivity contribution in [2.24, 2.45) is 0 Å². The van der Waals surface area contributed by atoms with Crippen LogP contribution in [0.15, 0.2) is 11.1 Å². The highest BCUT2D eigenvalue weighted by Crippen LogP contribution is 2.36. The average Bonchev–Trinajstić information content (AvgIpc) is 2.86. The van der Waals surface area contributed by atoms with E-state index in [2.05, 4.69) is 20.9 Å². The lowest BCUT2D eigenvalue weighted by atomic mass is 10.1. The molecule has 0 unspecified atom stereocenters. The molecule has 2 rings (SSSR count). The van der Waals surface area contributed by atoms with Gasteiger partial charge in [-0.3, -0.25) is 14.3 Å². The highest BCUT2D eigenvalue weighted by molar-refractivity contribution is 7.51. The van der Waals surface area contributed by atoms with E-state index in [9.17, 15) is 14.5 Å². The molecule has 23 heavy (non-hydrogen) atoms. The molecule has 0 aliphatic rings. The quantitative estimate of drug-likeness (QED) is 0.299. The second kappa shape index (κ2) is 6.11. The van der Waals surface area contributed by atoms with Crippen molar-refractivity contribution in [3.05, 3.63) is 16.7 Å². The van der Waals surface area contributed by atoms with Gasteiger partial charge in [-0.25, -0.2) is 4.98 Å². The minimum atomic E-state index is -4.49. The molecule has 0 saturated heterocycles. The lowest BCUT2D eigenvalue weighted by Crippen LogP contribution is -2.40. The highest BCUT2D eigenvalue weighted by Gasteiger charge is 2.32. The number of aromatic nitrogens is 4. The zero-order valence-corrected chi connectivity index (χ0v) is 12.6. The molecule has 0 amide bonds. The molecule has 2 aromatic rings. The topological polar surface area (TPSA) is 177 Å². The Kier molecular flexibility index (Phi) is 4.56. The summed E-state index contributed by atoms with van der Waals surface area (Å²) in [6, 6.07) is 0. The Bertz CT molecular complexity index is 864. The second-order valence-corrected chi connectivity index (χ2v) is 6.32. The van der Waals surface area contributed by atoms with Crippen LogP contribution in [0, 0.1) is 12.3 Å². The number of fused-ring (bicyclic) bond motifs is 1. The first kappa shape index (κ1) is 17.1. The molecule has 12 heteroatoms.